The van der Waals surface area contributed by atoms with Crippen molar-refractivity contribution >= 4 is 11.6 Å². The van der Waals surface area contributed by atoms with Crippen LogP contribution in [0.1, 0.15) is 29.7 Å². The Hall–Kier alpha value is -1.32. The van der Waals surface area contributed by atoms with Crippen LogP contribution in [-0.4, -0.2) is 15.8 Å². The Morgan fingerprint density at radius 3 is 2.68 bits per heavy atom. The van der Waals surface area contributed by atoms with Crippen molar-refractivity contribution in [2.24, 2.45) is 0 Å². The number of nitrogens with one attached hydrogen (secondary N) is 1. The summed E-state index contributed by atoms with van der Waals surface area (Å²) in [5.41, 5.74) is 3.67. The van der Waals surface area contributed by atoms with Crippen LogP contribution in [0.4, 0.5) is 0 Å². The molecule has 1 aliphatic rings. The normalized spacial score (nSPS) is 14.8. The summed E-state index contributed by atoms with van der Waals surface area (Å²) in [7, 11) is 0. The van der Waals surface area contributed by atoms with E-state index in [2.05, 4.69) is 34.7 Å². The molecule has 0 amide bonds. The lowest BCUT2D eigenvalue weighted by atomic mass is 10.1. The Labute approximate surface area is 118 Å². The van der Waals surface area contributed by atoms with Gasteiger partial charge in [-0.2, -0.15) is 5.10 Å². The van der Waals surface area contributed by atoms with Crippen molar-refractivity contribution in [1.29, 1.82) is 0 Å². The van der Waals surface area contributed by atoms with Gasteiger partial charge in [0.15, 0.2) is 0 Å². The van der Waals surface area contributed by atoms with Gasteiger partial charge in [0.25, 0.3) is 0 Å². The van der Waals surface area contributed by atoms with E-state index in [4.69, 9.17) is 11.6 Å². The third kappa shape index (κ3) is 2.99. The number of rotatable bonds is 5. The summed E-state index contributed by atoms with van der Waals surface area (Å²) in [5, 5.41) is 8.62. The van der Waals surface area contributed by atoms with E-state index < -0.39 is 0 Å². The molecule has 4 heteroatoms. The molecule has 1 N–H and O–H groups in total. The second kappa shape index (κ2) is 5.35. The summed E-state index contributed by atoms with van der Waals surface area (Å²) in [6, 6.07) is 9.26. The average Bonchev–Trinajstić information content (AvgIpc) is 3.20. The maximum Gasteiger partial charge on any atom is 0.0815 e. The molecule has 1 aliphatic carbocycles. The molecule has 1 saturated carbocycles. The molecule has 1 fully saturated rings. The lowest BCUT2D eigenvalue weighted by molar-refractivity contribution is 0.642. The van der Waals surface area contributed by atoms with Crippen molar-refractivity contribution < 1.29 is 0 Å². The third-order valence-electron chi connectivity index (χ3n) is 3.64. The van der Waals surface area contributed by atoms with E-state index in [0.29, 0.717) is 0 Å². The Morgan fingerprint density at radius 1 is 1.32 bits per heavy atom. The summed E-state index contributed by atoms with van der Waals surface area (Å²) >= 11 is 6.05. The maximum atomic E-state index is 6.05. The highest BCUT2D eigenvalue weighted by Crippen LogP contribution is 2.21. The molecule has 0 atom stereocenters. The second-order valence-corrected chi connectivity index (χ2v) is 5.57. The predicted octanol–water partition coefficient (Wildman–Crippen LogP) is 3.15. The molecule has 1 heterocycles. The summed E-state index contributed by atoms with van der Waals surface area (Å²) in [6.45, 7) is 3.72. The van der Waals surface area contributed by atoms with Gasteiger partial charge in [0.05, 0.1) is 23.5 Å². The zero-order valence-corrected chi connectivity index (χ0v) is 11.8. The van der Waals surface area contributed by atoms with Crippen LogP contribution in [-0.2, 0) is 13.1 Å². The van der Waals surface area contributed by atoms with Gasteiger partial charge in [0.2, 0.25) is 0 Å². The van der Waals surface area contributed by atoms with Crippen molar-refractivity contribution in [3.05, 3.63) is 52.3 Å². The first kappa shape index (κ1) is 12.7. The number of aromatic nitrogens is 2. The average molecular weight is 276 g/mol. The zero-order valence-electron chi connectivity index (χ0n) is 11.1. The van der Waals surface area contributed by atoms with Crippen LogP contribution in [0.15, 0.2) is 30.5 Å². The molecule has 0 aliphatic heterocycles. The quantitative estimate of drug-likeness (QED) is 0.908. The van der Waals surface area contributed by atoms with E-state index in [9.17, 15) is 0 Å². The highest BCUT2D eigenvalue weighted by molar-refractivity contribution is 6.31. The molecule has 1 aromatic heterocycles. The van der Waals surface area contributed by atoms with E-state index in [-0.39, 0.29) is 0 Å². The first-order chi connectivity index (χ1) is 9.24. The molecule has 0 radical (unpaired) electrons. The van der Waals surface area contributed by atoms with E-state index in [1.54, 1.807) is 6.20 Å². The van der Waals surface area contributed by atoms with Crippen LogP contribution in [0.2, 0.25) is 5.02 Å². The number of benzene rings is 1. The predicted molar refractivity (Wildman–Crippen MR) is 77.4 cm³/mol. The van der Waals surface area contributed by atoms with E-state index in [1.807, 2.05) is 11.6 Å². The topological polar surface area (TPSA) is 29.9 Å². The number of nitrogens with zero attached hydrogens (tertiary/aromatic N) is 2. The minimum Gasteiger partial charge on any atom is -0.310 e. The van der Waals surface area contributed by atoms with Gasteiger partial charge in [-0.25, -0.2) is 0 Å². The number of hydrogen-bond acceptors (Lipinski definition) is 2. The minimum absolute atomic E-state index is 0.730. The summed E-state index contributed by atoms with van der Waals surface area (Å²) < 4.78 is 1.96. The smallest absolute Gasteiger partial charge is 0.0815 e. The Kier molecular flexibility index (Phi) is 3.58. The van der Waals surface area contributed by atoms with Crippen LogP contribution in [0.5, 0.6) is 0 Å². The maximum absolute atomic E-state index is 6.05. The van der Waals surface area contributed by atoms with Gasteiger partial charge in [0, 0.05) is 12.6 Å². The summed E-state index contributed by atoms with van der Waals surface area (Å²) in [5.74, 6) is 0. The van der Waals surface area contributed by atoms with E-state index in [1.165, 1.54) is 24.0 Å². The largest absolute Gasteiger partial charge is 0.310 e. The van der Waals surface area contributed by atoms with Crippen molar-refractivity contribution in [1.82, 2.24) is 15.1 Å². The van der Waals surface area contributed by atoms with Crippen LogP contribution < -0.4 is 5.32 Å². The second-order valence-electron chi connectivity index (χ2n) is 5.16. The minimum atomic E-state index is 0.730. The van der Waals surface area contributed by atoms with Crippen molar-refractivity contribution in [2.45, 2.75) is 38.9 Å². The van der Waals surface area contributed by atoms with Crippen molar-refractivity contribution in [3.63, 3.8) is 0 Å². The van der Waals surface area contributed by atoms with E-state index >= 15 is 0 Å². The van der Waals surface area contributed by atoms with E-state index in [0.717, 1.165) is 29.8 Å². The van der Waals surface area contributed by atoms with Crippen LogP contribution in [0.25, 0.3) is 0 Å². The molecule has 19 heavy (non-hydrogen) atoms. The molecule has 1 aromatic carbocycles. The van der Waals surface area contributed by atoms with Crippen molar-refractivity contribution in [2.75, 3.05) is 0 Å². The molecular formula is C15H18ClN3. The van der Waals surface area contributed by atoms with Gasteiger partial charge in [-0.3, -0.25) is 4.68 Å². The highest BCUT2D eigenvalue weighted by Gasteiger charge is 2.20. The lowest BCUT2D eigenvalue weighted by Gasteiger charge is -2.11. The fourth-order valence-electron chi connectivity index (χ4n) is 2.17. The molecule has 3 nitrogen and oxygen atoms in total. The van der Waals surface area contributed by atoms with Gasteiger partial charge >= 0.3 is 0 Å². The van der Waals surface area contributed by atoms with Gasteiger partial charge in [0.1, 0.15) is 0 Å². The molecule has 0 saturated heterocycles. The first-order valence-corrected chi connectivity index (χ1v) is 7.10. The van der Waals surface area contributed by atoms with Gasteiger partial charge in [-0.15, -0.1) is 0 Å². The van der Waals surface area contributed by atoms with Crippen LogP contribution in [0, 0.1) is 6.92 Å². The van der Waals surface area contributed by atoms with Crippen molar-refractivity contribution in [3.8, 4) is 0 Å². The molecule has 100 valence electrons. The molecule has 3 rings (SSSR count). The summed E-state index contributed by atoms with van der Waals surface area (Å²) in [4.78, 5) is 0. The zero-order chi connectivity index (χ0) is 13.2. The Morgan fingerprint density at radius 2 is 2.05 bits per heavy atom. The SMILES string of the molecule is Cc1c(Cl)cnn1Cc1ccccc1CNC1CC1. The molecule has 0 unspecified atom stereocenters. The number of halogens is 1. The lowest BCUT2D eigenvalue weighted by Crippen LogP contribution is -2.17. The fourth-order valence-corrected chi connectivity index (χ4v) is 2.31. The van der Waals surface area contributed by atoms with Crippen LogP contribution in [0.3, 0.4) is 0 Å². The molecule has 0 spiro atoms. The van der Waals surface area contributed by atoms with Gasteiger partial charge in [-0.1, -0.05) is 35.9 Å². The van der Waals surface area contributed by atoms with Crippen LogP contribution >= 0.6 is 11.6 Å². The summed E-state index contributed by atoms with van der Waals surface area (Å²) in [6.07, 6.45) is 4.34. The number of hydrogen-bond donors (Lipinski definition) is 1. The molecular weight excluding hydrogens is 258 g/mol. The van der Waals surface area contributed by atoms with Gasteiger partial charge in [-0.05, 0) is 30.9 Å². The third-order valence-corrected chi connectivity index (χ3v) is 4.01. The monoisotopic (exact) mass is 275 g/mol. The van der Waals surface area contributed by atoms with Gasteiger partial charge < -0.3 is 5.32 Å². The Balaban J connectivity index is 1.77. The Bertz CT molecular complexity index is 573. The molecule has 2 aromatic rings. The molecule has 0 bridgehead atoms. The highest BCUT2D eigenvalue weighted by atomic mass is 35.5. The first-order valence-electron chi connectivity index (χ1n) is 6.72. The standard InChI is InChI=1S/C15H18ClN3/c1-11-15(16)9-18-19(11)10-13-5-3-2-4-12(13)8-17-14-6-7-14/h2-5,9,14,17H,6-8,10H2,1H3. The fraction of sp³-hybridized carbons (Fsp3) is 0.400.